The SMILES string of the molecule is C.CC.CS(C)(=O)=O.Cc1nc(-c2ccc(F)cc2)c(/C=C/CCC(=O)O)c(C(C)C)n1. The second-order valence-electron chi connectivity index (χ2n) is 7.06. The molecule has 0 radical (unpaired) electrons. The topological polar surface area (TPSA) is 97.2 Å². The summed E-state index contributed by atoms with van der Waals surface area (Å²) in [7, 11) is -2.67. The summed E-state index contributed by atoms with van der Waals surface area (Å²) in [5.41, 5.74) is 3.29. The Hall–Kier alpha value is -2.61. The van der Waals surface area contributed by atoms with Gasteiger partial charge >= 0.3 is 5.97 Å². The van der Waals surface area contributed by atoms with Gasteiger partial charge in [-0.15, -0.1) is 0 Å². The molecule has 0 aliphatic rings. The standard InChI is InChI=1S/C19H21FN2O2.C2H6O2S.C2H6.CH4/c1-12(2)18-16(6-4-5-7-17(23)24)19(22-13(3)21-18)14-8-10-15(20)11-9-14;1-5(2,3)4;1-2;/h4,6,8-12H,5,7H2,1-3H3,(H,23,24);1-2H3;1-2H3;1H4/b6-4+;;;. The van der Waals surface area contributed by atoms with Gasteiger partial charge in [0, 0.05) is 30.1 Å². The second-order valence-corrected chi connectivity index (χ2v) is 9.34. The highest BCUT2D eigenvalue weighted by molar-refractivity contribution is 7.89. The summed E-state index contributed by atoms with van der Waals surface area (Å²) in [5.74, 6) is -0.291. The van der Waals surface area contributed by atoms with E-state index < -0.39 is 15.8 Å². The van der Waals surface area contributed by atoms with E-state index in [1.165, 1.54) is 12.1 Å². The molecular weight excluding hydrogens is 431 g/mol. The van der Waals surface area contributed by atoms with Crippen molar-refractivity contribution in [3.05, 3.63) is 53.2 Å². The zero-order valence-corrected chi connectivity index (χ0v) is 20.1. The lowest BCUT2D eigenvalue weighted by Gasteiger charge is -2.14. The van der Waals surface area contributed by atoms with Crippen molar-refractivity contribution in [1.29, 1.82) is 0 Å². The number of nitrogens with zero attached hydrogens (tertiary/aromatic N) is 2. The maximum atomic E-state index is 13.2. The molecule has 0 aliphatic carbocycles. The van der Waals surface area contributed by atoms with Crippen LogP contribution in [0.25, 0.3) is 17.3 Å². The van der Waals surface area contributed by atoms with Crippen LogP contribution >= 0.6 is 0 Å². The number of carboxylic acids is 1. The van der Waals surface area contributed by atoms with Crippen molar-refractivity contribution in [3.8, 4) is 11.3 Å². The third-order valence-electron chi connectivity index (χ3n) is 3.56. The minimum atomic E-state index is -2.67. The van der Waals surface area contributed by atoms with Gasteiger partial charge in [0.2, 0.25) is 0 Å². The summed E-state index contributed by atoms with van der Waals surface area (Å²) in [6, 6.07) is 6.19. The number of hydrogen-bond donors (Lipinski definition) is 1. The molecule has 1 aromatic carbocycles. The fourth-order valence-corrected chi connectivity index (χ4v) is 2.44. The fraction of sp³-hybridized carbons (Fsp3) is 0.458. The number of carboxylic acid groups (broad SMARTS) is 1. The molecule has 0 aliphatic heterocycles. The van der Waals surface area contributed by atoms with Gasteiger partial charge in [0.05, 0.1) is 11.4 Å². The smallest absolute Gasteiger partial charge is 0.303 e. The Kier molecular flexibility index (Phi) is 15.0. The number of carbonyl (C=O) groups is 1. The second kappa shape index (κ2) is 15.2. The third kappa shape index (κ3) is 12.9. The highest BCUT2D eigenvalue weighted by Gasteiger charge is 2.15. The molecule has 2 rings (SSSR count). The highest BCUT2D eigenvalue weighted by Crippen LogP contribution is 2.29. The van der Waals surface area contributed by atoms with Crippen LogP contribution in [-0.4, -0.2) is 42.0 Å². The summed E-state index contributed by atoms with van der Waals surface area (Å²) < 4.78 is 32.5. The van der Waals surface area contributed by atoms with Crippen LogP contribution in [0.3, 0.4) is 0 Å². The number of hydrogen-bond acceptors (Lipinski definition) is 5. The van der Waals surface area contributed by atoms with Crippen molar-refractivity contribution in [2.45, 2.75) is 60.8 Å². The van der Waals surface area contributed by atoms with Crippen molar-refractivity contribution in [2.24, 2.45) is 0 Å². The van der Waals surface area contributed by atoms with Crippen LogP contribution in [0.4, 0.5) is 4.39 Å². The molecule has 6 nitrogen and oxygen atoms in total. The third-order valence-corrected chi connectivity index (χ3v) is 3.56. The zero-order chi connectivity index (χ0) is 24.2. The van der Waals surface area contributed by atoms with E-state index in [0.29, 0.717) is 12.2 Å². The van der Waals surface area contributed by atoms with Gasteiger partial charge in [-0.25, -0.2) is 22.8 Å². The molecule has 32 heavy (non-hydrogen) atoms. The molecule has 1 heterocycles. The van der Waals surface area contributed by atoms with Crippen molar-refractivity contribution in [3.63, 3.8) is 0 Å². The van der Waals surface area contributed by atoms with Crippen molar-refractivity contribution < 1.29 is 22.7 Å². The lowest BCUT2D eigenvalue weighted by atomic mass is 9.97. The normalized spacial score (nSPS) is 10.5. The Labute approximate surface area is 192 Å². The zero-order valence-electron chi connectivity index (χ0n) is 19.3. The lowest BCUT2D eigenvalue weighted by molar-refractivity contribution is -0.136. The minimum Gasteiger partial charge on any atom is -0.481 e. The van der Waals surface area contributed by atoms with E-state index in [0.717, 1.165) is 35.0 Å². The first-order valence-corrected chi connectivity index (χ1v) is 12.4. The summed E-state index contributed by atoms with van der Waals surface area (Å²) in [5, 5.41) is 8.75. The molecule has 0 unspecified atom stereocenters. The van der Waals surface area contributed by atoms with Gasteiger partial charge in [-0.05, 0) is 43.5 Å². The predicted molar refractivity (Wildman–Crippen MR) is 131 cm³/mol. The van der Waals surface area contributed by atoms with Crippen LogP contribution in [-0.2, 0) is 14.6 Å². The first kappa shape index (κ1) is 31.6. The van der Waals surface area contributed by atoms with Gasteiger partial charge < -0.3 is 5.11 Å². The van der Waals surface area contributed by atoms with Gasteiger partial charge in [-0.2, -0.15) is 0 Å². The molecule has 0 saturated heterocycles. The molecule has 0 fully saturated rings. The van der Waals surface area contributed by atoms with E-state index in [1.54, 1.807) is 12.1 Å². The summed E-state index contributed by atoms with van der Waals surface area (Å²) in [6.07, 6.45) is 6.52. The summed E-state index contributed by atoms with van der Waals surface area (Å²) in [6.45, 7) is 9.92. The van der Waals surface area contributed by atoms with Crippen molar-refractivity contribution in [2.75, 3.05) is 12.5 Å². The van der Waals surface area contributed by atoms with E-state index >= 15 is 0 Å². The number of aryl methyl sites for hydroxylation is 1. The molecule has 0 spiro atoms. The Morgan fingerprint density at radius 2 is 1.62 bits per heavy atom. The maximum Gasteiger partial charge on any atom is 0.303 e. The number of allylic oxidation sites excluding steroid dienone is 1. The molecule has 0 amide bonds. The number of sulfone groups is 1. The molecule has 0 bridgehead atoms. The van der Waals surface area contributed by atoms with Crippen LogP contribution in [0.1, 0.15) is 71.0 Å². The molecule has 1 N–H and O–H groups in total. The van der Waals surface area contributed by atoms with Crippen LogP contribution in [0.2, 0.25) is 0 Å². The lowest BCUT2D eigenvalue weighted by Crippen LogP contribution is -2.04. The molecule has 0 atom stereocenters. The van der Waals surface area contributed by atoms with Gasteiger partial charge in [-0.3, -0.25) is 4.79 Å². The number of halogens is 1. The molecule has 180 valence electrons. The Morgan fingerprint density at radius 3 is 2.06 bits per heavy atom. The monoisotopic (exact) mass is 468 g/mol. The van der Waals surface area contributed by atoms with E-state index in [1.807, 2.05) is 46.8 Å². The van der Waals surface area contributed by atoms with Crippen molar-refractivity contribution in [1.82, 2.24) is 9.97 Å². The first-order chi connectivity index (χ1) is 14.4. The Bertz CT molecular complexity index is 962. The van der Waals surface area contributed by atoms with Crippen LogP contribution in [0.15, 0.2) is 30.3 Å². The average molecular weight is 469 g/mol. The van der Waals surface area contributed by atoms with Gasteiger partial charge in [0.25, 0.3) is 0 Å². The molecule has 2 aromatic rings. The fourth-order valence-electron chi connectivity index (χ4n) is 2.44. The average Bonchev–Trinajstić information content (AvgIpc) is 2.66. The molecule has 8 heteroatoms. The van der Waals surface area contributed by atoms with Crippen LogP contribution in [0.5, 0.6) is 0 Å². The van der Waals surface area contributed by atoms with E-state index in [2.05, 4.69) is 9.97 Å². The van der Waals surface area contributed by atoms with Crippen LogP contribution < -0.4 is 0 Å². The van der Waals surface area contributed by atoms with E-state index in [-0.39, 0.29) is 25.6 Å². The maximum absolute atomic E-state index is 13.2. The largest absolute Gasteiger partial charge is 0.481 e. The molecular formula is C24H37FN2O4S. The number of benzene rings is 1. The minimum absolute atomic E-state index is 0. The number of aliphatic carboxylic acids is 1. The van der Waals surface area contributed by atoms with Crippen molar-refractivity contribution >= 4 is 21.9 Å². The Balaban J connectivity index is 0. The molecule has 1 aromatic heterocycles. The predicted octanol–water partition coefficient (Wildman–Crippen LogP) is 5.92. The van der Waals surface area contributed by atoms with Gasteiger partial charge in [0.1, 0.15) is 21.5 Å². The van der Waals surface area contributed by atoms with Gasteiger partial charge in [-0.1, -0.05) is 47.3 Å². The Morgan fingerprint density at radius 1 is 1.12 bits per heavy atom. The number of rotatable bonds is 6. The summed E-state index contributed by atoms with van der Waals surface area (Å²) >= 11 is 0. The number of aromatic nitrogens is 2. The van der Waals surface area contributed by atoms with Crippen LogP contribution in [0, 0.1) is 12.7 Å². The highest BCUT2D eigenvalue weighted by atomic mass is 32.2. The quantitative estimate of drug-likeness (QED) is 0.565. The molecule has 0 saturated carbocycles. The van der Waals surface area contributed by atoms with E-state index in [4.69, 9.17) is 5.11 Å². The first-order valence-electron chi connectivity index (χ1n) is 10.1. The summed E-state index contributed by atoms with van der Waals surface area (Å²) in [4.78, 5) is 19.7. The van der Waals surface area contributed by atoms with Gasteiger partial charge in [0.15, 0.2) is 0 Å². The van der Waals surface area contributed by atoms with E-state index in [9.17, 15) is 17.6 Å².